The quantitative estimate of drug-likeness (QED) is 0.838. The fourth-order valence-electron chi connectivity index (χ4n) is 4.18. The maximum atomic E-state index is 11.7. The summed E-state index contributed by atoms with van der Waals surface area (Å²) in [7, 11) is 0. The highest BCUT2D eigenvalue weighted by atomic mass is 16.5. The Balaban J connectivity index is 1.64. The van der Waals surface area contributed by atoms with E-state index in [2.05, 4.69) is 9.80 Å². The van der Waals surface area contributed by atoms with E-state index >= 15 is 0 Å². The second kappa shape index (κ2) is 6.41. The van der Waals surface area contributed by atoms with Crippen molar-refractivity contribution in [2.24, 2.45) is 5.92 Å². The number of hydrogen-bond acceptors (Lipinski definition) is 4. The molecular weight excluding hydrogens is 256 g/mol. The Morgan fingerprint density at radius 3 is 2.35 bits per heavy atom. The molecule has 3 atom stereocenters. The highest BCUT2D eigenvalue weighted by Gasteiger charge is 2.40. The molecule has 0 radical (unpaired) electrons. The number of hydrogen-bond donors (Lipinski definition) is 1. The highest BCUT2D eigenvalue weighted by molar-refractivity contribution is 5.71. The van der Waals surface area contributed by atoms with Crippen LogP contribution in [0.25, 0.3) is 0 Å². The van der Waals surface area contributed by atoms with Gasteiger partial charge in [-0.3, -0.25) is 9.69 Å². The third-order valence-electron chi connectivity index (χ3n) is 5.28. The van der Waals surface area contributed by atoms with Crippen LogP contribution in [0.5, 0.6) is 0 Å². The predicted molar refractivity (Wildman–Crippen MR) is 75.8 cm³/mol. The molecule has 2 aliphatic heterocycles. The molecule has 2 saturated heterocycles. The largest absolute Gasteiger partial charge is 0.481 e. The number of carboxylic acids is 1. The zero-order valence-electron chi connectivity index (χ0n) is 12.2. The van der Waals surface area contributed by atoms with E-state index in [-0.39, 0.29) is 12.0 Å². The number of morpholine rings is 1. The molecular formula is C15H26N2O3. The molecule has 0 aromatic rings. The van der Waals surface area contributed by atoms with Crippen LogP contribution in [0.1, 0.15) is 32.1 Å². The van der Waals surface area contributed by atoms with E-state index in [0.29, 0.717) is 6.04 Å². The van der Waals surface area contributed by atoms with Crippen molar-refractivity contribution >= 4 is 5.97 Å². The van der Waals surface area contributed by atoms with Crippen LogP contribution in [0, 0.1) is 5.92 Å². The molecule has 5 heteroatoms. The van der Waals surface area contributed by atoms with Crippen LogP contribution >= 0.6 is 0 Å². The molecule has 0 aromatic carbocycles. The van der Waals surface area contributed by atoms with Gasteiger partial charge in [0.2, 0.25) is 0 Å². The van der Waals surface area contributed by atoms with E-state index in [4.69, 9.17) is 4.74 Å². The van der Waals surface area contributed by atoms with Crippen LogP contribution in [-0.2, 0) is 9.53 Å². The monoisotopic (exact) mass is 282 g/mol. The van der Waals surface area contributed by atoms with Crippen molar-refractivity contribution in [3.63, 3.8) is 0 Å². The Bertz CT molecular complexity index is 338. The third kappa shape index (κ3) is 3.00. The summed E-state index contributed by atoms with van der Waals surface area (Å²) in [5.74, 6) is -0.808. The van der Waals surface area contributed by atoms with Gasteiger partial charge in [0.25, 0.3) is 0 Å². The summed E-state index contributed by atoms with van der Waals surface area (Å²) in [5, 5.41) is 9.62. The third-order valence-corrected chi connectivity index (χ3v) is 5.28. The standard InChI is InChI=1S/C15H26N2O3/c18-15(19)13-11-12(16-5-1-2-6-16)3-4-14(13)17-7-9-20-10-8-17/h12-14H,1-11H2,(H,18,19). The molecule has 114 valence electrons. The van der Waals surface area contributed by atoms with Gasteiger partial charge in [0.15, 0.2) is 0 Å². The fourth-order valence-corrected chi connectivity index (χ4v) is 4.18. The number of ether oxygens (including phenoxy) is 1. The molecule has 3 unspecified atom stereocenters. The van der Waals surface area contributed by atoms with Crippen LogP contribution in [0.4, 0.5) is 0 Å². The Morgan fingerprint density at radius 2 is 1.70 bits per heavy atom. The van der Waals surface area contributed by atoms with Crippen molar-refractivity contribution in [2.75, 3.05) is 39.4 Å². The Morgan fingerprint density at radius 1 is 1.00 bits per heavy atom. The lowest BCUT2D eigenvalue weighted by Gasteiger charge is -2.44. The number of aliphatic carboxylic acids is 1. The first-order valence-corrected chi connectivity index (χ1v) is 8.04. The SMILES string of the molecule is O=C(O)C1CC(N2CCCC2)CCC1N1CCOCC1. The number of nitrogens with zero attached hydrogens (tertiary/aromatic N) is 2. The summed E-state index contributed by atoms with van der Waals surface area (Å²) in [6, 6.07) is 0.714. The lowest BCUT2D eigenvalue weighted by atomic mass is 9.80. The molecule has 2 heterocycles. The van der Waals surface area contributed by atoms with Crippen LogP contribution in [0.2, 0.25) is 0 Å². The van der Waals surface area contributed by atoms with Crippen LogP contribution in [0.3, 0.4) is 0 Å². The highest BCUT2D eigenvalue weighted by Crippen LogP contribution is 2.33. The van der Waals surface area contributed by atoms with Crippen molar-refractivity contribution < 1.29 is 14.6 Å². The number of likely N-dealkylation sites (tertiary alicyclic amines) is 1. The molecule has 0 spiro atoms. The van der Waals surface area contributed by atoms with Gasteiger partial charge in [-0.15, -0.1) is 0 Å². The van der Waals surface area contributed by atoms with Crippen molar-refractivity contribution in [3.8, 4) is 0 Å². The molecule has 0 amide bonds. The molecule has 3 rings (SSSR count). The molecule has 20 heavy (non-hydrogen) atoms. The fraction of sp³-hybridized carbons (Fsp3) is 0.933. The summed E-state index contributed by atoms with van der Waals surface area (Å²) in [6.45, 7) is 5.61. The van der Waals surface area contributed by atoms with Crippen LogP contribution < -0.4 is 0 Å². The van der Waals surface area contributed by atoms with Gasteiger partial charge in [0, 0.05) is 25.2 Å². The Labute approximate surface area is 120 Å². The van der Waals surface area contributed by atoms with E-state index in [1.54, 1.807) is 0 Å². The van der Waals surface area contributed by atoms with Gasteiger partial charge in [-0.1, -0.05) is 0 Å². The summed E-state index contributed by atoms with van der Waals surface area (Å²) in [6.07, 6.45) is 5.57. The average molecular weight is 282 g/mol. The number of rotatable bonds is 3. The summed E-state index contributed by atoms with van der Waals surface area (Å²) in [4.78, 5) is 16.6. The molecule has 0 bridgehead atoms. The van der Waals surface area contributed by atoms with Gasteiger partial charge >= 0.3 is 5.97 Å². The van der Waals surface area contributed by atoms with Gasteiger partial charge in [-0.05, 0) is 45.2 Å². The minimum absolute atomic E-state index is 0.201. The zero-order chi connectivity index (χ0) is 13.9. The lowest BCUT2D eigenvalue weighted by Crippen LogP contribution is -2.53. The molecule has 1 N–H and O–H groups in total. The molecule has 1 saturated carbocycles. The molecule has 0 aromatic heterocycles. The summed E-state index contributed by atoms with van der Waals surface area (Å²) in [5.41, 5.74) is 0. The van der Waals surface area contributed by atoms with Crippen molar-refractivity contribution in [2.45, 2.75) is 44.2 Å². The maximum absolute atomic E-state index is 11.7. The minimum Gasteiger partial charge on any atom is -0.481 e. The minimum atomic E-state index is -0.606. The van der Waals surface area contributed by atoms with Crippen molar-refractivity contribution in [1.82, 2.24) is 9.80 Å². The van der Waals surface area contributed by atoms with E-state index in [0.717, 1.165) is 45.6 Å². The first-order chi connectivity index (χ1) is 9.75. The zero-order valence-corrected chi connectivity index (χ0v) is 12.2. The van der Waals surface area contributed by atoms with Gasteiger partial charge in [0.05, 0.1) is 19.1 Å². The smallest absolute Gasteiger partial charge is 0.308 e. The molecule has 5 nitrogen and oxygen atoms in total. The first-order valence-electron chi connectivity index (χ1n) is 8.04. The second-order valence-electron chi connectivity index (χ2n) is 6.37. The molecule has 3 aliphatic rings. The Kier molecular flexibility index (Phi) is 4.58. The summed E-state index contributed by atoms with van der Waals surface area (Å²) < 4.78 is 5.39. The Hall–Kier alpha value is -0.650. The second-order valence-corrected chi connectivity index (χ2v) is 6.37. The van der Waals surface area contributed by atoms with Crippen molar-refractivity contribution in [3.05, 3.63) is 0 Å². The van der Waals surface area contributed by atoms with E-state index in [1.165, 1.54) is 25.9 Å². The van der Waals surface area contributed by atoms with Gasteiger partial charge in [-0.2, -0.15) is 0 Å². The van der Waals surface area contributed by atoms with Crippen molar-refractivity contribution in [1.29, 1.82) is 0 Å². The van der Waals surface area contributed by atoms with Gasteiger partial charge < -0.3 is 14.7 Å². The topological polar surface area (TPSA) is 53.0 Å². The normalized spacial score (nSPS) is 37.1. The van der Waals surface area contributed by atoms with Gasteiger partial charge in [-0.25, -0.2) is 0 Å². The molecule has 1 aliphatic carbocycles. The van der Waals surface area contributed by atoms with Crippen LogP contribution in [-0.4, -0.2) is 72.4 Å². The molecule has 3 fully saturated rings. The van der Waals surface area contributed by atoms with Gasteiger partial charge in [0.1, 0.15) is 0 Å². The van der Waals surface area contributed by atoms with E-state index in [1.807, 2.05) is 0 Å². The van der Waals surface area contributed by atoms with E-state index in [9.17, 15) is 9.90 Å². The lowest BCUT2D eigenvalue weighted by molar-refractivity contribution is -0.148. The maximum Gasteiger partial charge on any atom is 0.308 e. The number of carboxylic acid groups (broad SMARTS) is 1. The summed E-state index contributed by atoms with van der Waals surface area (Å²) >= 11 is 0. The average Bonchev–Trinajstić information content (AvgIpc) is 3.02. The first kappa shape index (κ1) is 14.3. The van der Waals surface area contributed by atoms with E-state index < -0.39 is 5.97 Å². The number of carbonyl (C=O) groups is 1. The predicted octanol–water partition coefficient (Wildman–Crippen LogP) is 1.04. The van der Waals surface area contributed by atoms with Crippen LogP contribution in [0.15, 0.2) is 0 Å².